The summed E-state index contributed by atoms with van der Waals surface area (Å²) in [6.07, 6.45) is 8.22. The third-order valence-corrected chi connectivity index (χ3v) is 2.43. The number of allylic oxidation sites excluding steroid dienone is 4. The van der Waals surface area contributed by atoms with Gasteiger partial charge in [0.15, 0.2) is 0 Å². The van der Waals surface area contributed by atoms with E-state index in [1.54, 1.807) is 0 Å². The second kappa shape index (κ2) is 8.14. The molecular weight excluding hydrogens is 254 g/mol. The molecule has 5 heteroatoms. The molecule has 13 heavy (non-hydrogen) atoms. The first-order valence-corrected chi connectivity index (χ1v) is 5.97. The van der Waals surface area contributed by atoms with Crippen LogP contribution in [0.25, 0.3) is 0 Å². The van der Waals surface area contributed by atoms with Crippen molar-refractivity contribution in [1.82, 2.24) is 0 Å². The number of carbonyl (C=O) groups is 3. The molecule has 0 spiro atoms. The van der Waals surface area contributed by atoms with E-state index >= 15 is 0 Å². The van der Waals surface area contributed by atoms with Gasteiger partial charge < -0.3 is 0 Å². The molecule has 0 atom stereocenters. The Morgan fingerprint density at radius 3 is 1.46 bits per heavy atom. The van der Waals surface area contributed by atoms with Crippen LogP contribution < -0.4 is 0 Å². The van der Waals surface area contributed by atoms with Crippen LogP contribution in [0, 0.1) is 0 Å². The third-order valence-electron chi connectivity index (χ3n) is 1.01. The molecule has 1 aliphatic rings. The topological polar surface area (TPSA) is 51.2 Å². The van der Waals surface area contributed by atoms with Crippen molar-refractivity contribution in [2.75, 3.05) is 0 Å². The van der Waals surface area contributed by atoms with E-state index in [0.717, 1.165) is 0 Å². The van der Waals surface area contributed by atoms with Gasteiger partial charge in [-0.15, -0.1) is 0 Å². The molecule has 0 aromatic carbocycles. The summed E-state index contributed by atoms with van der Waals surface area (Å²) in [5.74, 6) is 0. The van der Waals surface area contributed by atoms with Gasteiger partial charge in [-0.25, -0.2) is 0 Å². The van der Waals surface area contributed by atoms with Crippen LogP contribution in [0.2, 0.25) is 4.82 Å². The average Bonchev–Trinajstić information content (AvgIpc) is 2.60. The predicted molar refractivity (Wildman–Crippen MR) is 42.3 cm³/mol. The summed E-state index contributed by atoms with van der Waals surface area (Å²) >= 11 is 1.44. The van der Waals surface area contributed by atoms with Crippen LogP contribution in [-0.2, 0) is 44.3 Å². The molecule has 0 unspecified atom stereocenters. The molecule has 0 aromatic heterocycles. The number of hydrogen-bond donors (Lipinski definition) is 0. The molecule has 1 rings (SSSR count). The van der Waals surface area contributed by atoms with Crippen molar-refractivity contribution >= 4 is 15.6 Å². The molecule has 0 heterocycles. The quantitative estimate of drug-likeness (QED) is 0.553. The Bertz CT molecular complexity index is 205. The van der Waals surface area contributed by atoms with Crippen molar-refractivity contribution in [3.8, 4) is 0 Å². The molecular formula is C8H8Mn2O3. The fourth-order valence-corrected chi connectivity index (χ4v) is 0.927. The summed E-state index contributed by atoms with van der Waals surface area (Å²) in [5, 5.41) is 1.19. The Morgan fingerprint density at radius 1 is 1.00 bits per heavy atom. The van der Waals surface area contributed by atoms with Crippen LogP contribution in [0.5, 0.6) is 0 Å². The second-order valence-corrected chi connectivity index (χ2v) is 4.66. The summed E-state index contributed by atoms with van der Waals surface area (Å²) in [7, 11) is 0. The first kappa shape index (κ1) is 12.5. The molecule has 0 saturated carbocycles. The first-order chi connectivity index (χ1) is 6.24. The van der Waals surface area contributed by atoms with Gasteiger partial charge in [0.1, 0.15) is 0 Å². The van der Waals surface area contributed by atoms with Crippen LogP contribution in [0.4, 0.5) is 0 Å². The maximum absolute atomic E-state index is 9.55. The maximum atomic E-state index is 9.55. The van der Waals surface area contributed by atoms with E-state index in [2.05, 4.69) is 28.2 Å². The zero-order valence-corrected chi connectivity index (χ0v) is 8.96. The van der Waals surface area contributed by atoms with Crippen molar-refractivity contribution in [3.05, 3.63) is 24.3 Å². The summed E-state index contributed by atoms with van der Waals surface area (Å²) in [6.45, 7) is 0. The molecule has 0 fully saturated rings. The molecule has 0 bridgehead atoms. The number of rotatable bonds is 3. The zero-order chi connectivity index (χ0) is 10.1. The van der Waals surface area contributed by atoms with Crippen molar-refractivity contribution in [2.45, 2.75) is 4.82 Å². The molecule has 0 saturated heterocycles. The normalized spacial score (nSPS) is 14.4. The summed E-state index contributed by atoms with van der Waals surface area (Å²) in [4.78, 5) is 29.2. The van der Waals surface area contributed by atoms with Crippen molar-refractivity contribution < 1.29 is 44.3 Å². The van der Waals surface area contributed by atoms with Crippen molar-refractivity contribution in [3.63, 3.8) is 0 Å². The zero-order valence-electron chi connectivity index (χ0n) is 6.60. The van der Waals surface area contributed by atoms with E-state index in [9.17, 15) is 14.4 Å². The SMILES string of the molecule is O=[CH][Mn]([CH]=O)[CH]=O.[Mn][CH]1C=CC=C1. The Balaban J connectivity index is 0.000000223. The van der Waals surface area contributed by atoms with Gasteiger partial charge in [-0.2, -0.15) is 0 Å². The van der Waals surface area contributed by atoms with Crippen molar-refractivity contribution in [2.24, 2.45) is 0 Å². The Hall–Kier alpha value is -0.471. The standard InChI is InChI=1S/C5H5.3CHO.2Mn/c1-2-4-5-3-1;3*1-2;;/h1-5H;3*1H;;. The Kier molecular flexibility index (Phi) is 7.85. The molecule has 0 amide bonds. The molecule has 0 radical (unpaired) electrons. The van der Waals surface area contributed by atoms with Gasteiger partial charge in [0.25, 0.3) is 0 Å². The van der Waals surface area contributed by atoms with Crippen LogP contribution >= 0.6 is 0 Å². The van der Waals surface area contributed by atoms with Gasteiger partial charge in [0, 0.05) is 0 Å². The van der Waals surface area contributed by atoms with E-state index in [1.807, 2.05) is 12.2 Å². The van der Waals surface area contributed by atoms with Gasteiger partial charge in [-0.1, -0.05) is 0 Å². The van der Waals surface area contributed by atoms with Crippen LogP contribution in [0.1, 0.15) is 0 Å². The minimum atomic E-state index is -1.92. The third kappa shape index (κ3) is 6.67. The second-order valence-electron chi connectivity index (χ2n) is 1.86. The van der Waals surface area contributed by atoms with E-state index < -0.39 is 13.9 Å². The number of hydrogen-bond acceptors (Lipinski definition) is 3. The Labute approximate surface area is 89.0 Å². The summed E-state index contributed by atoms with van der Waals surface area (Å²) < 4.78 is 0. The molecule has 3 nitrogen and oxygen atoms in total. The van der Waals surface area contributed by atoms with E-state index in [4.69, 9.17) is 0 Å². The van der Waals surface area contributed by atoms with Crippen LogP contribution in [-0.4, -0.2) is 15.6 Å². The molecule has 0 aliphatic heterocycles. The van der Waals surface area contributed by atoms with Gasteiger partial charge >= 0.3 is 89.0 Å². The summed E-state index contributed by atoms with van der Waals surface area (Å²) in [5.41, 5.74) is 0. The fourth-order valence-electron chi connectivity index (χ4n) is 0.468. The molecule has 0 N–H and O–H groups in total. The van der Waals surface area contributed by atoms with Crippen LogP contribution in [0.15, 0.2) is 24.3 Å². The van der Waals surface area contributed by atoms with E-state index in [-0.39, 0.29) is 0 Å². The molecule has 1 aliphatic carbocycles. The summed E-state index contributed by atoms with van der Waals surface area (Å²) in [6, 6.07) is 0. The van der Waals surface area contributed by atoms with E-state index in [1.165, 1.54) is 0 Å². The molecule has 72 valence electrons. The first-order valence-electron chi connectivity index (χ1n) is 3.25. The minimum absolute atomic E-state index is 0.396. The Morgan fingerprint density at radius 2 is 1.38 bits per heavy atom. The predicted octanol–water partition coefficient (Wildman–Crippen LogP) is 0.623. The molecule has 0 aromatic rings. The van der Waals surface area contributed by atoms with Crippen LogP contribution in [0.3, 0.4) is 0 Å². The number of carbonyl (C=O) groups excluding carboxylic acids is 3. The van der Waals surface area contributed by atoms with Gasteiger partial charge in [0.2, 0.25) is 0 Å². The fraction of sp³-hybridized carbons (Fsp3) is 0.125. The van der Waals surface area contributed by atoms with Gasteiger partial charge in [-0.05, 0) is 0 Å². The average molecular weight is 262 g/mol. The van der Waals surface area contributed by atoms with Gasteiger partial charge in [0.05, 0.1) is 0 Å². The van der Waals surface area contributed by atoms with E-state index in [0.29, 0.717) is 20.4 Å². The monoisotopic (exact) mass is 262 g/mol. The van der Waals surface area contributed by atoms with Gasteiger partial charge in [-0.3, -0.25) is 0 Å². The van der Waals surface area contributed by atoms with Crippen molar-refractivity contribution in [1.29, 1.82) is 0 Å².